The summed E-state index contributed by atoms with van der Waals surface area (Å²) >= 11 is 0. The van der Waals surface area contributed by atoms with Gasteiger partial charge in [0.1, 0.15) is 0 Å². The fraction of sp³-hybridized carbons (Fsp3) is 0.231. The quantitative estimate of drug-likeness (QED) is 0.468. The summed E-state index contributed by atoms with van der Waals surface area (Å²) in [6.45, 7) is 2.91. The van der Waals surface area contributed by atoms with Gasteiger partial charge < -0.3 is 5.32 Å². The Morgan fingerprint density at radius 1 is 0.839 bits per heavy atom. The van der Waals surface area contributed by atoms with Crippen LogP contribution in [0.4, 0.5) is 0 Å². The minimum absolute atomic E-state index is 0.0648. The van der Waals surface area contributed by atoms with Crippen LogP contribution in [0, 0.1) is 0 Å². The van der Waals surface area contributed by atoms with Crippen LogP contribution in [0.15, 0.2) is 89.7 Å². The minimum atomic E-state index is -0.121. The Labute approximate surface area is 182 Å². The van der Waals surface area contributed by atoms with E-state index >= 15 is 0 Å². The topological polar surface area (TPSA) is 56.0 Å². The zero-order chi connectivity index (χ0) is 21.6. The van der Waals surface area contributed by atoms with Crippen LogP contribution in [-0.2, 0) is 24.3 Å². The molecule has 1 aromatic heterocycles. The fourth-order valence-corrected chi connectivity index (χ4v) is 4.06. The number of imidazole rings is 1. The molecule has 5 nitrogen and oxygen atoms in total. The lowest BCUT2D eigenvalue weighted by Crippen LogP contribution is -2.32. The van der Waals surface area contributed by atoms with Crippen LogP contribution in [0.2, 0.25) is 0 Å². The molecule has 3 aromatic carbocycles. The van der Waals surface area contributed by atoms with Gasteiger partial charge in [0.25, 0.3) is 0 Å². The van der Waals surface area contributed by atoms with Crippen molar-refractivity contribution in [3.05, 3.63) is 107 Å². The lowest BCUT2D eigenvalue weighted by atomic mass is 9.98. The van der Waals surface area contributed by atoms with Crippen LogP contribution in [0.5, 0.6) is 0 Å². The second-order valence-corrected chi connectivity index (χ2v) is 7.64. The van der Waals surface area contributed by atoms with Crippen molar-refractivity contribution >= 4 is 16.9 Å². The van der Waals surface area contributed by atoms with Gasteiger partial charge in [0.05, 0.1) is 17.1 Å². The van der Waals surface area contributed by atoms with E-state index in [9.17, 15) is 9.59 Å². The highest BCUT2D eigenvalue weighted by Gasteiger charge is 2.17. The molecule has 1 N–H and O–H groups in total. The number of fused-ring (bicyclic) bond motifs is 1. The Morgan fingerprint density at radius 2 is 1.42 bits per heavy atom. The van der Waals surface area contributed by atoms with Crippen LogP contribution < -0.4 is 11.0 Å². The lowest BCUT2D eigenvalue weighted by molar-refractivity contribution is -0.122. The Bertz CT molecular complexity index is 1210. The molecular formula is C26H27N3O2. The maximum atomic E-state index is 12.9. The maximum absolute atomic E-state index is 12.9. The van der Waals surface area contributed by atoms with E-state index in [1.54, 1.807) is 9.13 Å². The first-order valence-electron chi connectivity index (χ1n) is 10.7. The van der Waals surface area contributed by atoms with Crippen molar-refractivity contribution in [3.8, 4) is 0 Å². The number of amides is 1. The smallest absolute Gasteiger partial charge is 0.329 e. The molecule has 1 atom stereocenters. The Balaban J connectivity index is 1.51. The van der Waals surface area contributed by atoms with Gasteiger partial charge in [0.2, 0.25) is 5.91 Å². The monoisotopic (exact) mass is 413 g/mol. The molecule has 0 fully saturated rings. The summed E-state index contributed by atoms with van der Waals surface area (Å²) in [6, 6.07) is 27.8. The number of hydrogen-bond donors (Lipinski definition) is 1. The molecule has 1 amide bonds. The molecule has 0 aliphatic heterocycles. The van der Waals surface area contributed by atoms with Crippen molar-refractivity contribution in [2.75, 3.05) is 0 Å². The summed E-state index contributed by atoms with van der Waals surface area (Å²) in [5.41, 5.74) is 3.94. The number of carbonyl (C=O) groups excluding carboxylic acids is 1. The zero-order valence-electron chi connectivity index (χ0n) is 17.7. The minimum Gasteiger partial charge on any atom is -0.349 e. The molecular weight excluding hydrogens is 386 g/mol. The first kappa shape index (κ1) is 20.7. The third kappa shape index (κ3) is 4.61. The number of hydrogen-bond acceptors (Lipinski definition) is 2. The fourth-order valence-electron chi connectivity index (χ4n) is 4.06. The first-order chi connectivity index (χ1) is 15.2. The van der Waals surface area contributed by atoms with Crippen molar-refractivity contribution in [2.45, 2.75) is 38.9 Å². The van der Waals surface area contributed by atoms with Gasteiger partial charge >= 0.3 is 5.69 Å². The van der Waals surface area contributed by atoms with Crippen molar-refractivity contribution in [2.24, 2.45) is 0 Å². The molecule has 1 heterocycles. The van der Waals surface area contributed by atoms with E-state index in [1.165, 1.54) is 5.56 Å². The van der Waals surface area contributed by atoms with Crippen LogP contribution in [0.1, 0.15) is 30.5 Å². The number of nitrogens with zero attached hydrogens (tertiary/aromatic N) is 2. The number of para-hydroxylation sites is 2. The number of carbonyl (C=O) groups is 1. The van der Waals surface area contributed by atoms with E-state index in [4.69, 9.17) is 0 Å². The number of aryl methyl sites for hydroxylation is 2. The van der Waals surface area contributed by atoms with Gasteiger partial charge in [-0.25, -0.2) is 4.79 Å². The normalized spacial score (nSPS) is 12.0. The van der Waals surface area contributed by atoms with Crippen LogP contribution in [0.3, 0.4) is 0 Å². The predicted molar refractivity (Wildman–Crippen MR) is 124 cm³/mol. The standard InChI is InChI=1S/C26H27N3O2/c1-2-28-23-15-9-10-16-24(23)29(26(28)31)18-17-25(30)27-22(21-13-7-4-8-14-21)19-20-11-5-3-6-12-20/h3-16,22H,2,17-19H2,1H3,(H,27,30). The van der Waals surface area contributed by atoms with Crippen LogP contribution in [0.25, 0.3) is 11.0 Å². The second-order valence-electron chi connectivity index (χ2n) is 7.64. The molecule has 1 unspecified atom stereocenters. The molecule has 158 valence electrons. The average molecular weight is 414 g/mol. The summed E-state index contributed by atoms with van der Waals surface area (Å²) in [5.74, 6) is -0.0648. The highest BCUT2D eigenvalue weighted by atomic mass is 16.2. The lowest BCUT2D eigenvalue weighted by Gasteiger charge is -2.20. The highest BCUT2D eigenvalue weighted by Crippen LogP contribution is 2.19. The zero-order valence-corrected chi connectivity index (χ0v) is 17.7. The van der Waals surface area contributed by atoms with Gasteiger partial charge in [-0.1, -0.05) is 72.8 Å². The van der Waals surface area contributed by atoms with Gasteiger partial charge in [-0.3, -0.25) is 13.9 Å². The summed E-state index contributed by atoms with van der Waals surface area (Å²) < 4.78 is 3.45. The summed E-state index contributed by atoms with van der Waals surface area (Å²) in [7, 11) is 0. The number of aromatic nitrogens is 2. The second kappa shape index (κ2) is 9.47. The number of rotatable bonds is 8. The summed E-state index contributed by atoms with van der Waals surface area (Å²) in [4.78, 5) is 25.7. The molecule has 4 aromatic rings. The molecule has 31 heavy (non-hydrogen) atoms. The van der Waals surface area contributed by atoms with E-state index in [-0.39, 0.29) is 24.1 Å². The molecule has 0 radical (unpaired) electrons. The highest BCUT2D eigenvalue weighted by molar-refractivity contribution is 5.78. The predicted octanol–water partition coefficient (Wildman–Crippen LogP) is 4.31. The van der Waals surface area contributed by atoms with Crippen molar-refractivity contribution in [1.29, 1.82) is 0 Å². The molecule has 0 spiro atoms. The van der Waals surface area contributed by atoms with Gasteiger partial charge in [0.15, 0.2) is 0 Å². The Morgan fingerprint density at radius 3 is 2.06 bits per heavy atom. The van der Waals surface area contributed by atoms with Crippen LogP contribution in [-0.4, -0.2) is 15.0 Å². The van der Waals surface area contributed by atoms with Crippen molar-refractivity contribution in [3.63, 3.8) is 0 Å². The molecule has 0 aliphatic carbocycles. The van der Waals surface area contributed by atoms with E-state index in [0.29, 0.717) is 19.5 Å². The third-order valence-corrected chi connectivity index (χ3v) is 5.62. The molecule has 0 bridgehead atoms. The SMILES string of the molecule is CCn1c(=O)n(CCC(=O)NC(Cc2ccccc2)c2ccccc2)c2ccccc21. The van der Waals surface area contributed by atoms with Gasteiger partial charge in [-0.05, 0) is 36.6 Å². The van der Waals surface area contributed by atoms with E-state index < -0.39 is 0 Å². The number of benzene rings is 3. The maximum Gasteiger partial charge on any atom is 0.329 e. The molecule has 4 rings (SSSR count). The van der Waals surface area contributed by atoms with Gasteiger partial charge in [-0.2, -0.15) is 0 Å². The summed E-state index contributed by atoms with van der Waals surface area (Å²) in [5, 5.41) is 3.18. The van der Waals surface area contributed by atoms with E-state index in [1.807, 2.05) is 79.7 Å². The largest absolute Gasteiger partial charge is 0.349 e. The Kier molecular flexibility index (Phi) is 6.32. The average Bonchev–Trinajstić information content (AvgIpc) is 3.09. The summed E-state index contributed by atoms with van der Waals surface area (Å²) in [6.07, 6.45) is 0.960. The third-order valence-electron chi connectivity index (χ3n) is 5.62. The Hall–Kier alpha value is -3.60. The van der Waals surface area contributed by atoms with Crippen molar-refractivity contribution < 1.29 is 4.79 Å². The van der Waals surface area contributed by atoms with Gasteiger partial charge in [0, 0.05) is 19.5 Å². The van der Waals surface area contributed by atoms with Crippen LogP contribution >= 0.6 is 0 Å². The molecule has 0 saturated heterocycles. The van der Waals surface area contributed by atoms with Gasteiger partial charge in [-0.15, -0.1) is 0 Å². The van der Waals surface area contributed by atoms with Crippen molar-refractivity contribution in [1.82, 2.24) is 14.5 Å². The molecule has 5 heteroatoms. The van der Waals surface area contributed by atoms with E-state index in [0.717, 1.165) is 16.6 Å². The first-order valence-corrected chi connectivity index (χ1v) is 10.7. The molecule has 0 saturated carbocycles. The van der Waals surface area contributed by atoms with E-state index in [2.05, 4.69) is 17.4 Å². The molecule has 0 aliphatic rings. The number of nitrogens with one attached hydrogen (secondary N) is 1.